The van der Waals surface area contributed by atoms with Gasteiger partial charge in [-0.1, -0.05) is 12.1 Å². The van der Waals surface area contributed by atoms with Crippen molar-refractivity contribution in [2.75, 3.05) is 18.0 Å². The van der Waals surface area contributed by atoms with Gasteiger partial charge in [-0.05, 0) is 49.2 Å². The number of benzene rings is 1. The third kappa shape index (κ3) is 5.37. The van der Waals surface area contributed by atoms with Crippen LogP contribution in [0.1, 0.15) is 25.0 Å². The Balaban J connectivity index is 0.00000220. The molecule has 1 N–H and O–H groups in total. The predicted octanol–water partition coefficient (Wildman–Crippen LogP) is 3.64. The molecule has 4 heteroatoms. The Morgan fingerprint density at radius 2 is 1.38 bits per heavy atom. The molecule has 1 aromatic carbocycles. The molecule has 0 aliphatic heterocycles. The summed E-state index contributed by atoms with van der Waals surface area (Å²) in [4.78, 5) is 6.38. The minimum absolute atomic E-state index is 0. The van der Waals surface area contributed by atoms with E-state index < -0.39 is 0 Å². The molecule has 1 aromatic heterocycles. The van der Waals surface area contributed by atoms with Crippen LogP contribution in [0.15, 0.2) is 48.8 Å². The predicted molar refractivity (Wildman–Crippen MR) is 92.0 cm³/mol. The van der Waals surface area contributed by atoms with Crippen molar-refractivity contribution in [1.29, 1.82) is 0 Å². The number of pyridine rings is 1. The number of nitrogens with zero attached hydrogens (tertiary/aromatic N) is 2. The van der Waals surface area contributed by atoms with E-state index in [-0.39, 0.29) is 12.4 Å². The van der Waals surface area contributed by atoms with Crippen LogP contribution >= 0.6 is 12.4 Å². The third-order valence-electron chi connectivity index (χ3n) is 3.47. The molecule has 0 aliphatic rings. The first-order valence-corrected chi connectivity index (χ1v) is 7.27. The van der Waals surface area contributed by atoms with E-state index in [4.69, 9.17) is 0 Å². The highest BCUT2D eigenvalue weighted by Gasteiger charge is 2.01. The van der Waals surface area contributed by atoms with Crippen LogP contribution in [0.4, 0.5) is 5.69 Å². The Morgan fingerprint density at radius 3 is 1.90 bits per heavy atom. The molecule has 0 unspecified atom stereocenters. The maximum atomic E-state index is 4.02. The SMILES string of the molecule is CCN(CC)c1ccc(CNCc2ccncc2)cc1.Cl. The maximum Gasteiger partial charge on any atom is 0.0366 e. The Hall–Kier alpha value is -1.58. The van der Waals surface area contributed by atoms with Gasteiger partial charge in [-0.2, -0.15) is 0 Å². The third-order valence-corrected chi connectivity index (χ3v) is 3.47. The fourth-order valence-corrected chi connectivity index (χ4v) is 2.27. The summed E-state index contributed by atoms with van der Waals surface area (Å²) in [5.41, 5.74) is 3.88. The van der Waals surface area contributed by atoms with E-state index in [1.807, 2.05) is 24.5 Å². The molecule has 114 valence electrons. The highest BCUT2D eigenvalue weighted by atomic mass is 35.5. The van der Waals surface area contributed by atoms with E-state index in [0.29, 0.717) is 0 Å². The molecule has 21 heavy (non-hydrogen) atoms. The van der Waals surface area contributed by atoms with Crippen LogP contribution in [0.2, 0.25) is 0 Å². The van der Waals surface area contributed by atoms with Crippen molar-refractivity contribution in [2.24, 2.45) is 0 Å². The molecule has 0 aliphatic carbocycles. The zero-order valence-corrected chi connectivity index (χ0v) is 13.6. The first kappa shape index (κ1) is 17.5. The maximum absolute atomic E-state index is 4.02. The van der Waals surface area contributed by atoms with Crippen LogP contribution in [0, 0.1) is 0 Å². The van der Waals surface area contributed by atoms with Crippen LogP contribution in [0.5, 0.6) is 0 Å². The topological polar surface area (TPSA) is 28.2 Å². The van der Waals surface area contributed by atoms with Crippen LogP contribution in [0.25, 0.3) is 0 Å². The molecule has 0 fully saturated rings. The van der Waals surface area contributed by atoms with Gasteiger partial charge in [-0.3, -0.25) is 4.98 Å². The van der Waals surface area contributed by atoms with Crippen molar-refractivity contribution in [3.8, 4) is 0 Å². The second-order valence-corrected chi connectivity index (χ2v) is 4.80. The molecule has 0 bridgehead atoms. The van der Waals surface area contributed by atoms with E-state index in [0.717, 1.165) is 26.2 Å². The molecule has 2 aromatic rings. The number of rotatable bonds is 7. The Morgan fingerprint density at radius 1 is 0.857 bits per heavy atom. The van der Waals surface area contributed by atoms with Gasteiger partial charge in [0.15, 0.2) is 0 Å². The molecule has 0 radical (unpaired) electrons. The van der Waals surface area contributed by atoms with Crippen LogP contribution in [-0.4, -0.2) is 18.1 Å². The fraction of sp³-hybridized carbons (Fsp3) is 0.353. The monoisotopic (exact) mass is 305 g/mol. The summed E-state index contributed by atoms with van der Waals surface area (Å²) < 4.78 is 0. The van der Waals surface area contributed by atoms with Gasteiger partial charge in [-0.15, -0.1) is 12.4 Å². The van der Waals surface area contributed by atoms with Gasteiger partial charge in [0.25, 0.3) is 0 Å². The van der Waals surface area contributed by atoms with Crippen LogP contribution < -0.4 is 10.2 Å². The van der Waals surface area contributed by atoms with Crippen molar-refractivity contribution < 1.29 is 0 Å². The van der Waals surface area contributed by atoms with Crippen LogP contribution in [0.3, 0.4) is 0 Å². The van der Waals surface area contributed by atoms with Gasteiger partial charge in [0.1, 0.15) is 0 Å². The van der Waals surface area contributed by atoms with Gasteiger partial charge in [-0.25, -0.2) is 0 Å². The number of halogens is 1. The van der Waals surface area contributed by atoms with Crippen molar-refractivity contribution in [3.63, 3.8) is 0 Å². The van der Waals surface area contributed by atoms with E-state index >= 15 is 0 Å². The Bertz CT molecular complexity index is 495. The molecular formula is C17H24ClN3. The zero-order valence-electron chi connectivity index (χ0n) is 12.7. The lowest BCUT2D eigenvalue weighted by Gasteiger charge is -2.21. The molecule has 2 rings (SSSR count). The normalized spacial score (nSPS) is 10.0. The molecule has 0 saturated carbocycles. The molecule has 3 nitrogen and oxygen atoms in total. The summed E-state index contributed by atoms with van der Waals surface area (Å²) in [6.07, 6.45) is 3.66. The average Bonchev–Trinajstić information content (AvgIpc) is 2.51. The van der Waals surface area contributed by atoms with E-state index in [1.165, 1.54) is 16.8 Å². The van der Waals surface area contributed by atoms with E-state index in [1.54, 1.807) is 0 Å². The second kappa shape index (κ2) is 9.37. The van der Waals surface area contributed by atoms with E-state index in [9.17, 15) is 0 Å². The van der Waals surface area contributed by atoms with Gasteiger partial charge in [0.2, 0.25) is 0 Å². The van der Waals surface area contributed by atoms with Crippen molar-refractivity contribution in [2.45, 2.75) is 26.9 Å². The summed E-state index contributed by atoms with van der Waals surface area (Å²) in [7, 11) is 0. The number of nitrogens with one attached hydrogen (secondary N) is 1. The van der Waals surface area contributed by atoms with Gasteiger partial charge < -0.3 is 10.2 Å². The fourth-order valence-electron chi connectivity index (χ4n) is 2.27. The number of aromatic nitrogens is 1. The van der Waals surface area contributed by atoms with Crippen molar-refractivity contribution in [3.05, 3.63) is 59.9 Å². The number of anilines is 1. The van der Waals surface area contributed by atoms with Crippen molar-refractivity contribution in [1.82, 2.24) is 10.3 Å². The standard InChI is InChI=1S/C17H23N3.ClH/c1-3-20(4-2)17-7-5-15(6-8-17)13-19-14-16-9-11-18-12-10-16;/h5-12,19H,3-4,13-14H2,1-2H3;1H. The first-order chi connectivity index (χ1) is 9.83. The zero-order chi connectivity index (χ0) is 14.2. The molecule has 0 amide bonds. The minimum Gasteiger partial charge on any atom is -0.372 e. The van der Waals surface area contributed by atoms with Crippen LogP contribution in [-0.2, 0) is 13.1 Å². The van der Waals surface area contributed by atoms with Gasteiger partial charge in [0.05, 0.1) is 0 Å². The van der Waals surface area contributed by atoms with Gasteiger partial charge >= 0.3 is 0 Å². The summed E-state index contributed by atoms with van der Waals surface area (Å²) in [6.45, 7) is 8.24. The number of hydrogen-bond donors (Lipinski definition) is 1. The Labute approximate surface area is 133 Å². The highest BCUT2D eigenvalue weighted by Crippen LogP contribution is 2.14. The summed E-state index contributed by atoms with van der Waals surface area (Å²) in [6, 6.07) is 12.9. The van der Waals surface area contributed by atoms with E-state index in [2.05, 4.69) is 53.3 Å². The highest BCUT2D eigenvalue weighted by molar-refractivity contribution is 5.85. The lowest BCUT2D eigenvalue weighted by Crippen LogP contribution is -2.21. The average molecular weight is 306 g/mol. The summed E-state index contributed by atoms with van der Waals surface area (Å²) >= 11 is 0. The molecule has 0 atom stereocenters. The minimum atomic E-state index is 0. The molecule has 0 saturated heterocycles. The second-order valence-electron chi connectivity index (χ2n) is 4.80. The molecular weight excluding hydrogens is 282 g/mol. The lowest BCUT2D eigenvalue weighted by atomic mass is 10.2. The van der Waals surface area contributed by atoms with Crippen molar-refractivity contribution >= 4 is 18.1 Å². The largest absolute Gasteiger partial charge is 0.372 e. The van der Waals surface area contributed by atoms with Gasteiger partial charge in [0, 0.05) is 44.3 Å². The first-order valence-electron chi connectivity index (χ1n) is 7.27. The summed E-state index contributed by atoms with van der Waals surface area (Å²) in [5.74, 6) is 0. The molecule has 1 heterocycles. The summed E-state index contributed by atoms with van der Waals surface area (Å²) in [5, 5.41) is 3.45. The smallest absolute Gasteiger partial charge is 0.0366 e. The number of hydrogen-bond acceptors (Lipinski definition) is 3. The molecule has 0 spiro atoms. The lowest BCUT2D eigenvalue weighted by molar-refractivity contribution is 0.692. The quantitative estimate of drug-likeness (QED) is 0.846. The Kier molecular flexibility index (Phi) is 7.80.